The van der Waals surface area contributed by atoms with Crippen molar-refractivity contribution in [2.24, 2.45) is 0 Å². The zero-order chi connectivity index (χ0) is 14.5. The maximum absolute atomic E-state index is 12.1. The standard InChI is InChI=1S/C13H11N3O3S/c17-12(10-11(13(18)19)15-7-14-10)16-9(6-20)8-4-2-1-3-5-8/h1-7,9H,(H,14,15)(H,16,17)(H,18,19). The first-order chi connectivity index (χ1) is 9.63. The van der Waals surface area contributed by atoms with E-state index in [1.54, 1.807) is 0 Å². The molecule has 0 aliphatic rings. The van der Waals surface area contributed by atoms with Gasteiger partial charge in [-0.2, -0.15) is 0 Å². The smallest absolute Gasteiger partial charge is 0.354 e. The van der Waals surface area contributed by atoms with Gasteiger partial charge in [0.05, 0.1) is 12.4 Å². The Morgan fingerprint density at radius 2 is 2.05 bits per heavy atom. The second kappa shape index (κ2) is 6.07. The summed E-state index contributed by atoms with van der Waals surface area (Å²) in [5.41, 5.74) is 0.386. The van der Waals surface area contributed by atoms with Gasteiger partial charge in [0.2, 0.25) is 0 Å². The highest BCUT2D eigenvalue weighted by molar-refractivity contribution is 7.79. The minimum atomic E-state index is -1.24. The van der Waals surface area contributed by atoms with Gasteiger partial charge in [-0.25, -0.2) is 9.78 Å². The van der Waals surface area contributed by atoms with Gasteiger partial charge in [-0.05, 0) is 5.56 Å². The molecule has 3 N–H and O–H groups in total. The number of hydrogen-bond donors (Lipinski definition) is 3. The lowest BCUT2D eigenvalue weighted by molar-refractivity contribution is 0.0685. The Balaban J connectivity index is 2.20. The van der Waals surface area contributed by atoms with Crippen molar-refractivity contribution in [1.29, 1.82) is 0 Å². The Kier molecular flexibility index (Phi) is 4.21. The van der Waals surface area contributed by atoms with Gasteiger partial charge in [0.15, 0.2) is 11.4 Å². The van der Waals surface area contributed by atoms with Gasteiger partial charge in [-0.1, -0.05) is 42.5 Å². The zero-order valence-electron chi connectivity index (χ0n) is 10.2. The minimum Gasteiger partial charge on any atom is -0.477 e. The molecule has 102 valence electrons. The fraction of sp³-hybridized carbons (Fsp3) is 0.0769. The third-order valence-corrected chi connectivity index (χ3v) is 2.92. The van der Waals surface area contributed by atoms with Crippen LogP contribution in [0, 0.1) is 0 Å². The quantitative estimate of drug-likeness (QED) is 0.726. The molecule has 0 bridgehead atoms. The number of rotatable bonds is 5. The molecule has 1 aromatic heterocycles. The van der Waals surface area contributed by atoms with Crippen molar-refractivity contribution in [1.82, 2.24) is 15.3 Å². The van der Waals surface area contributed by atoms with Gasteiger partial charge in [0, 0.05) is 5.37 Å². The molecule has 0 aliphatic carbocycles. The number of carboxylic acid groups (broad SMARTS) is 1. The van der Waals surface area contributed by atoms with Crippen LogP contribution in [0.15, 0.2) is 36.7 Å². The highest BCUT2D eigenvalue weighted by Gasteiger charge is 2.21. The number of aromatic amines is 1. The number of carbonyl (C=O) groups excluding carboxylic acids is 1. The summed E-state index contributed by atoms with van der Waals surface area (Å²) < 4.78 is 0. The average molecular weight is 289 g/mol. The lowest BCUT2D eigenvalue weighted by atomic mass is 10.1. The molecule has 0 spiro atoms. The first kappa shape index (κ1) is 13.9. The van der Waals surface area contributed by atoms with E-state index in [1.165, 1.54) is 5.37 Å². The minimum absolute atomic E-state index is 0.171. The predicted octanol–water partition coefficient (Wildman–Crippen LogP) is 1.58. The van der Waals surface area contributed by atoms with Crippen LogP contribution in [0.1, 0.15) is 32.6 Å². The topological polar surface area (TPSA) is 95.1 Å². The molecule has 7 heteroatoms. The van der Waals surface area contributed by atoms with Crippen molar-refractivity contribution in [3.63, 3.8) is 0 Å². The number of thiocarbonyl (C=S) groups is 1. The summed E-state index contributed by atoms with van der Waals surface area (Å²) in [6.45, 7) is 0. The molecule has 1 atom stereocenters. The summed E-state index contributed by atoms with van der Waals surface area (Å²) in [7, 11) is 0. The van der Waals surface area contributed by atoms with Gasteiger partial charge in [0.25, 0.3) is 5.91 Å². The summed E-state index contributed by atoms with van der Waals surface area (Å²) in [4.78, 5) is 29.1. The molecule has 2 rings (SSSR count). The number of aromatic carboxylic acids is 1. The molecule has 0 saturated carbocycles. The third-order valence-electron chi connectivity index (χ3n) is 2.65. The van der Waals surface area contributed by atoms with Gasteiger partial charge in [-0.3, -0.25) is 4.79 Å². The lowest BCUT2D eigenvalue weighted by Gasteiger charge is -2.13. The fourth-order valence-electron chi connectivity index (χ4n) is 1.70. The van der Waals surface area contributed by atoms with E-state index in [0.717, 1.165) is 11.9 Å². The third kappa shape index (κ3) is 2.89. The number of amides is 1. The van der Waals surface area contributed by atoms with Gasteiger partial charge in [0.1, 0.15) is 0 Å². The number of carboxylic acids is 1. The van der Waals surface area contributed by atoms with Crippen LogP contribution in [0.25, 0.3) is 0 Å². The second-order valence-corrected chi connectivity index (χ2v) is 4.20. The van der Waals surface area contributed by atoms with E-state index in [0.29, 0.717) is 0 Å². The number of nitrogens with one attached hydrogen (secondary N) is 2. The van der Waals surface area contributed by atoms with Crippen LogP contribution < -0.4 is 5.32 Å². The molecular weight excluding hydrogens is 278 g/mol. The lowest BCUT2D eigenvalue weighted by Crippen LogP contribution is -2.30. The summed E-state index contributed by atoms with van der Waals surface area (Å²) in [5.74, 6) is -1.84. The molecule has 0 radical (unpaired) electrons. The van der Waals surface area contributed by atoms with Crippen LogP contribution in [0.5, 0.6) is 0 Å². The number of nitrogens with zero attached hydrogens (tertiary/aromatic N) is 1. The summed E-state index contributed by atoms with van der Waals surface area (Å²) in [5, 5.41) is 13.0. The maximum atomic E-state index is 12.1. The molecule has 1 aromatic carbocycles. The molecule has 1 unspecified atom stereocenters. The van der Waals surface area contributed by atoms with E-state index in [2.05, 4.69) is 15.3 Å². The van der Waals surface area contributed by atoms with Crippen molar-refractivity contribution in [3.8, 4) is 0 Å². The number of imidazole rings is 1. The van der Waals surface area contributed by atoms with Crippen LogP contribution in [-0.2, 0) is 0 Å². The van der Waals surface area contributed by atoms with E-state index in [4.69, 9.17) is 17.3 Å². The Morgan fingerprint density at radius 3 is 2.65 bits per heavy atom. The molecule has 6 nitrogen and oxygen atoms in total. The van der Waals surface area contributed by atoms with Crippen LogP contribution in [0.4, 0.5) is 0 Å². The number of H-pyrrole nitrogens is 1. The Hall–Kier alpha value is -2.54. The van der Waals surface area contributed by atoms with Gasteiger partial charge in [-0.15, -0.1) is 0 Å². The molecule has 2 aromatic rings. The average Bonchev–Trinajstić information content (AvgIpc) is 2.95. The Labute approximate surface area is 119 Å². The van der Waals surface area contributed by atoms with E-state index >= 15 is 0 Å². The second-order valence-electron chi connectivity index (χ2n) is 3.93. The predicted molar refractivity (Wildman–Crippen MR) is 75.9 cm³/mol. The van der Waals surface area contributed by atoms with Gasteiger partial charge < -0.3 is 15.4 Å². The van der Waals surface area contributed by atoms with Crippen molar-refractivity contribution in [2.45, 2.75) is 6.04 Å². The number of carbonyl (C=O) groups is 2. The first-order valence-electron chi connectivity index (χ1n) is 5.71. The maximum Gasteiger partial charge on any atom is 0.354 e. The SMILES string of the molecule is O=C(NC(C=S)c1ccccc1)c1nc[nH]c1C(=O)O. The fourth-order valence-corrected chi connectivity index (χ4v) is 1.92. The van der Waals surface area contributed by atoms with E-state index in [1.807, 2.05) is 30.3 Å². The molecule has 0 aliphatic heterocycles. The Morgan fingerprint density at radius 1 is 1.35 bits per heavy atom. The molecule has 0 fully saturated rings. The van der Waals surface area contributed by atoms with Crippen molar-refractivity contribution in [3.05, 3.63) is 53.6 Å². The van der Waals surface area contributed by atoms with E-state index in [9.17, 15) is 9.59 Å². The van der Waals surface area contributed by atoms with Crippen LogP contribution >= 0.6 is 12.2 Å². The van der Waals surface area contributed by atoms with Gasteiger partial charge >= 0.3 is 5.97 Å². The van der Waals surface area contributed by atoms with Crippen molar-refractivity contribution < 1.29 is 14.7 Å². The summed E-state index contributed by atoms with van der Waals surface area (Å²) >= 11 is 4.90. The number of aromatic nitrogens is 2. The summed E-state index contributed by atoms with van der Waals surface area (Å²) in [6.07, 6.45) is 1.16. The number of benzene rings is 1. The number of hydrogen-bond acceptors (Lipinski definition) is 4. The first-order valence-corrected chi connectivity index (χ1v) is 6.18. The van der Waals surface area contributed by atoms with Crippen molar-refractivity contribution in [2.75, 3.05) is 0 Å². The molecule has 1 heterocycles. The highest BCUT2D eigenvalue weighted by atomic mass is 32.1. The van der Waals surface area contributed by atoms with Crippen LogP contribution in [0.3, 0.4) is 0 Å². The molecule has 20 heavy (non-hydrogen) atoms. The highest BCUT2D eigenvalue weighted by Crippen LogP contribution is 2.12. The van der Waals surface area contributed by atoms with Crippen LogP contribution in [0.2, 0.25) is 0 Å². The van der Waals surface area contributed by atoms with Crippen molar-refractivity contribution >= 4 is 29.5 Å². The normalized spacial score (nSPS) is 11.6. The molecule has 0 saturated heterocycles. The largest absolute Gasteiger partial charge is 0.477 e. The van der Waals surface area contributed by atoms with Crippen LogP contribution in [-0.4, -0.2) is 32.3 Å². The Bertz CT molecular complexity index is 639. The molecular formula is C13H11N3O3S. The monoisotopic (exact) mass is 289 g/mol. The van der Waals surface area contributed by atoms with E-state index < -0.39 is 17.9 Å². The van der Waals surface area contributed by atoms with E-state index in [-0.39, 0.29) is 11.4 Å². The molecule has 1 amide bonds. The summed E-state index contributed by atoms with van der Waals surface area (Å²) in [6, 6.07) is 8.64. The zero-order valence-corrected chi connectivity index (χ0v) is 11.1.